The Morgan fingerprint density at radius 2 is 2.31 bits per heavy atom. The number of hydrogen-bond acceptors (Lipinski definition) is 2. The van der Waals surface area contributed by atoms with E-state index in [9.17, 15) is 0 Å². The third kappa shape index (κ3) is 2.64. The van der Waals surface area contributed by atoms with Gasteiger partial charge in [-0.2, -0.15) is 5.26 Å². The first-order valence-corrected chi connectivity index (χ1v) is 4.38. The van der Waals surface area contributed by atoms with Gasteiger partial charge in [0.15, 0.2) is 0 Å². The van der Waals surface area contributed by atoms with Crippen LogP contribution in [0, 0.1) is 18.3 Å². The fourth-order valence-electron chi connectivity index (χ4n) is 0.998. The number of hydrogen-bond donors (Lipinski definition) is 0. The molecule has 0 atom stereocenters. The number of halogens is 1. The lowest BCUT2D eigenvalue weighted by atomic mass is 10.2. The van der Waals surface area contributed by atoms with Crippen molar-refractivity contribution in [3.05, 3.63) is 28.8 Å². The van der Waals surface area contributed by atoms with Crippen LogP contribution in [0.25, 0.3) is 0 Å². The first-order chi connectivity index (χ1) is 6.25. The third-order valence-corrected chi connectivity index (χ3v) is 1.92. The fraction of sp³-hybridized carbons (Fsp3) is 0.300. The van der Waals surface area contributed by atoms with Gasteiger partial charge in [0.2, 0.25) is 0 Å². The Labute approximate surface area is 82.7 Å². The average Bonchev–Trinajstić information content (AvgIpc) is 2.10. The summed E-state index contributed by atoms with van der Waals surface area (Å²) in [7, 11) is 0. The van der Waals surface area contributed by atoms with Crippen molar-refractivity contribution in [2.75, 3.05) is 6.61 Å². The lowest BCUT2D eigenvalue weighted by Crippen LogP contribution is -1.97. The topological polar surface area (TPSA) is 33.0 Å². The summed E-state index contributed by atoms with van der Waals surface area (Å²) in [4.78, 5) is 0. The number of aryl methyl sites for hydroxylation is 1. The summed E-state index contributed by atoms with van der Waals surface area (Å²) in [6, 6.07) is 7.58. The number of nitriles is 1. The summed E-state index contributed by atoms with van der Waals surface area (Å²) in [6.07, 6.45) is 0.380. The number of benzene rings is 1. The molecule has 0 bridgehead atoms. The Bertz CT molecular complexity index is 310. The van der Waals surface area contributed by atoms with E-state index in [1.165, 1.54) is 0 Å². The Hall–Kier alpha value is -1.20. The van der Waals surface area contributed by atoms with E-state index in [1.807, 2.05) is 25.1 Å². The molecular weight excluding hydrogens is 186 g/mol. The molecule has 1 aromatic carbocycles. The molecule has 1 aromatic rings. The van der Waals surface area contributed by atoms with Gasteiger partial charge < -0.3 is 4.74 Å². The maximum Gasteiger partial charge on any atom is 0.140 e. The van der Waals surface area contributed by atoms with Crippen LogP contribution in [-0.2, 0) is 0 Å². The molecule has 3 heteroatoms. The molecule has 0 N–H and O–H groups in total. The number of nitrogens with zero attached hydrogens (tertiary/aromatic N) is 1. The molecule has 1 rings (SSSR count). The van der Waals surface area contributed by atoms with Gasteiger partial charge in [-0.1, -0.05) is 23.7 Å². The maximum absolute atomic E-state index is 8.32. The quantitative estimate of drug-likeness (QED) is 0.695. The van der Waals surface area contributed by atoms with Gasteiger partial charge in [-0.15, -0.1) is 0 Å². The van der Waals surface area contributed by atoms with Crippen molar-refractivity contribution in [3.63, 3.8) is 0 Å². The third-order valence-electron chi connectivity index (χ3n) is 1.62. The lowest BCUT2D eigenvalue weighted by Gasteiger charge is -2.08. The molecule has 0 aliphatic heterocycles. The molecule has 0 saturated carbocycles. The minimum atomic E-state index is 0.380. The van der Waals surface area contributed by atoms with E-state index in [-0.39, 0.29) is 0 Å². The molecule has 0 fully saturated rings. The second-order valence-electron chi connectivity index (χ2n) is 2.64. The fourth-order valence-corrected chi connectivity index (χ4v) is 1.27. The van der Waals surface area contributed by atoms with E-state index in [1.54, 1.807) is 6.07 Å². The second kappa shape index (κ2) is 4.74. The normalized spacial score (nSPS) is 9.31. The molecule has 0 aliphatic carbocycles. The van der Waals surface area contributed by atoms with Crippen molar-refractivity contribution in [1.82, 2.24) is 0 Å². The molecule has 0 amide bonds. The first-order valence-electron chi connectivity index (χ1n) is 4.00. The van der Waals surface area contributed by atoms with Crippen molar-refractivity contribution < 1.29 is 4.74 Å². The Balaban J connectivity index is 2.71. The van der Waals surface area contributed by atoms with Gasteiger partial charge in [-0.25, -0.2) is 0 Å². The molecule has 0 heterocycles. The summed E-state index contributed by atoms with van der Waals surface area (Å²) in [6.45, 7) is 2.31. The first kappa shape index (κ1) is 9.88. The lowest BCUT2D eigenvalue weighted by molar-refractivity contribution is 0.324. The SMILES string of the molecule is Cc1cccc(Cl)c1OCCC#N. The number of rotatable bonds is 3. The molecule has 0 spiro atoms. The molecule has 13 heavy (non-hydrogen) atoms. The van der Waals surface area contributed by atoms with Crippen molar-refractivity contribution in [2.45, 2.75) is 13.3 Å². The molecule has 68 valence electrons. The molecule has 0 saturated heterocycles. The van der Waals surface area contributed by atoms with Gasteiger partial charge in [-0.3, -0.25) is 0 Å². The van der Waals surface area contributed by atoms with Gasteiger partial charge in [-0.05, 0) is 18.6 Å². The van der Waals surface area contributed by atoms with Crippen molar-refractivity contribution in [3.8, 4) is 11.8 Å². The van der Waals surface area contributed by atoms with Crippen LogP contribution in [0.5, 0.6) is 5.75 Å². The van der Waals surface area contributed by atoms with E-state index in [0.717, 1.165) is 5.56 Å². The van der Waals surface area contributed by atoms with E-state index in [2.05, 4.69) is 0 Å². The number of para-hydroxylation sites is 1. The molecule has 0 aliphatic rings. The van der Waals surface area contributed by atoms with Crippen molar-refractivity contribution in [2.24, 2.45) is 0 Å². The van der Waals surface area contributed by atoms with Gasteiger partial charge in [0.25, 0.3) is 0 Å². The predicted octanol–water partition coefficient (Wildman–Crippen LogP) is 2.94. The average molecular weight is 196 g/mol. The molecule has 0 unspecified atom stereocenters. The van der Waals surface area contributed by atoms with Crippen LogP contribution >= 0.6 is 11.6 Å². The van der Waals surface area contributed by atoms with E-state index < -0.39 is 0 Å². The van der Waals surface area contributed by atoms with E-state index in [4.69, 9.17) is 21.6 Å². The van der Waals surface area contributed by atoms with Crippen LogP contribution < -0.4 is 4.74 Å². The van der Waals surface area contributed by atoms with Crippen molar-refractivity contribution in [1.29, 1.82) is 5.26 Å². The highest BCUT2D eigenvalue weighted by Crippen LogP contribution is 2.27. The Morgan fingerprint density at radius 3 is 2.92 bits per heavy atom. The molecule has 0 radical (unpaired) electrons. The number of ether oxygens (including phenoxy) is 1. The van der Waals surface area contributed by atoms with Crippen LogP contribution in [0.4, 0.5) is 0 Å². The van der Waals surface area contributed by atoms with Gasteiger partial charge in [0.05, 0.1) is 17.5 Å². The summed E-state index contributed by atoms with van der Waals surface area (Å²) in [5, 5.41) is 8.92. The summed E-state index contributed by atoms with van der Waals surface area (Å²) < 4.78 is 5.35. The van der Waals surface area contributed by atoms with Gasteiger partial charge in [0.1, 0.15) is 12.4 Å². The summed E-state index contributed by atoms with van der Waals surface area (Å²) in [5.74, 6) is 0.680. The van der Waals surface area contributed by atoms with E-state index >= 15 is 0 Å². The Morgan fingerprint density at radius 1 is 1.54 bits per heavy atom. The molecule has 0 aromatic heterocycles. The summed E-state index contributed by atoms with van der Waals surface area (Å²) in [5.41, 5.74) is 0.991. The van der Waals surface area contributed by atoms with Crippen LogP contribution in [0.3, 0.4) is 0 Å². The minimum absolute atomic E-state index is 0.380. The second-order valence-corrected chi connectivity index (χ2v) is 3.05. The van der Waals surface area contributed by atoms with Crippen LogP contribution in [-0.4, -0.2) is 6.61 Å². The zero-order valence-corrected chi connectivity index (χ0v) is 8.14. The Kier molecular flexibility index (Phi) is 3.60. The predicted molar refractivity (Wildman–Crippen MR) is 51.9 cm³/mol. The summed E-state index contributed by atoms with van der Waals surface area (Å²) >= 11 is 5.90. The zero-order valence-electron chi connectivity index (χ0n) is 7.38. The van der Waals surface area contributed by atoms with Crippen molar-refractivity contribution >= 4 is 11.6 Å². The van der Waals surface area contributed by atoms with Crippen LogP contribution in [0.2, 0.25) is 5.02 Å². The van der Waals surface area contributed by atoms with Gasteiger partial charge >= 0.3 is 0 Å². The highest BCUT2D eigenvalue weighted by atomic mass is 35.5. The van der Waals surface area contributed by atoms with E-state index in [0.29, 0.717) is 23.8 Å². The van der Waals surface area contributed by atoms with Crippen LogP contribution in [0.1, 0.15) is 12.0 Å². The molecular formula is C10H10ClNO. The van der Waals surface area contributed by atoms with Crippen LogP contribution in [0.15, 0.2) is 18.2 Å². The highest BCUT2D eigenvalue weighted by molar-refractivity contribution is 6.32. The maximum atomic E-state index is 8.32. The zero-order chi connectivity index (χ0) is 9.68. The minimum Gasteiger partial charge on any atom is -0.491 e. The monoisotopic (exact) mass is 195 g/mol. The smallest absolute Gasteiger partial charge is 0.140 e. The highest BCUT2D eigenvalue weighted by Gasteiger charge is 2.03. The van der Waals surface area contributed by atoms with Gasteiger partial charge in [0, 0.05) is 0 Å². The molecule has 2 nitrogen and oxygen atoms in total. The standard InChI is InChI=1S/C10H10ClNO/c1-8-4-2-5-9(11)10(8)13-7-3-6-12/h2,4-5H,3,7H2,1H3. The largest absolute Gasteiger partial charge is 0.491 e.